The first-order valence-corrected chi connectivity index (χ1v) is 5.15. The van der Waals surface area contributed by atoms with Crippen LogP contribution >= 0.6 is 0 Å². The van der Waals surface area contributed by atoms with Crippen molar-refractivity contribution in [2.24, 2.45) is 0 Å². The summed E-state index contributed by atoms with van der Waals surface area (Å²) in [6.45, 7) is 1.75. The molecule has 0 aliphatic rings. The minimum atomic E-state index is -0.641. The molecule has 18 heavy (non-hydrogen) atoms. The summed E-state index contributed by atoms with van der Waals surface area (Å²) in [5.74, 6) is -0.482. The molecule has 0 atom stereocenters. The lowest BCUT2D eigenvalue weighted by Gasteiger charge is -2.07. The van der Waals surface area contributed by atoms with E-state index in [9.17, 15) is 14.5 Å². The van der Waals surface area contributed by atoms with Crippen molar-refractivity contribution in [3.63, 3.8) is 0 Å². The van der Waals surface area contributed by atoms with Crippen LogP contribution in [0.2, 0.25) is 0 Å². The molecule has 2 aromatic rings. The number of aromatic nitrogens is 1. The third kappa shape index (κ3) is 2.00. The van der Waals surface area contributed by atoms with E-state index < -0.39 is 10.7 Å². The molecule has 1 aromatic heterocycles. The highest BCUT2D eigenvalue weighted by atomic mass is 19.1. The van der Waals surface area contributed by atoms with Gasteiger partial charge in [0, 0.05) is 17.3 Å². The average Bonchev–Trinajstić information content (AvgIpc) is 2.30. The second-order valence-electron chi connectivity index (χ2n) is 3.86. The highest BCUT2D eigenvalue weighted by Crippen LogP contribution is 2.33. The van der Waals surface area contributed by atoms with Gasteiger partial charge in [0.25, 0.3) is 0 Å². The number of nitro groups is 1. The fraction of sp³-hybridized carbons (Fsp3) is 0.0833. The van der Waals surface area contributed by atoms with Gasteiger partial charge in [0.1, 0.15) is 17.7 Å². The van der Waals surface area contributed by atoms with Crippen LogP contribution in [-0.4, -0.2) is 9.91 Å². The van der Waals surface area contributed by atoms with Crippen molar-refractivity contribution in [3.05, 3.63) is 52.1 Å². The quantitative estimate of drug-likeness (QED) is 0.653. The number of nitrogens with zero attached hydrogens (tertiary/aromatic N) is 2. The van der Waals surface area contributed by atoms with E-state index in [-0.39, 0.29) is 22.5 Å². The van der Waals surface area contributed by atoms with E-state index >= 15 is 0 Å². The van der Waals surface area contributed by atoms with Crippen LogP contribution in [0.4, 0.5) is 15.8 Å². The molecule has 0 fully saturated rings. The van der Waals surface area contributed by atoms with Gasteiger partial charge in [-0.1, -0.05) is 12.1 Å². The van der Waals surface area contributed by atoms with Crippen LogP contribution in [0.15, 0.2) is 30.6 Å². The molecule has 0 bridgehead atoms. The third-order valence-electron chi connectivity index (χ3n) is 2.58. The zero-order valence-electron chi connectivity index (χ0n) is 9.55. The zero-order chi connectivity index (χ0) is 13.3. The van der Waals surface area contributed by atoms with Crippen LogP contribution in [0.25, 0.3) is 11.1 Å². The topological polar surface area (TPSA) is 82.0 Å². The molecule has 1 aromatic carbocycles. The second-order valence-corrected chi connectivity index (χ2v) is 3.86. The summed E-state index contributed by atoms with van der Waals surface area (Å²) in [5, 5.41) is 10.7. The van der Waals surface area contributed by atoms with Crippen molar-refractivity contribution >= 4 is 11.4 Å². The van der Waals surface area contributed by atoms with Gasteiger partial charge < -0.3 is 5.73 Å². The monoisotopic (exact) mass is 247 g/mol. The molecule has 0 unspecified atom stereocenters. The number of aryl methyl sites for hydroxylation is 1. The lowest BCUT2D eigenvalue weighted by Crippen LogP contribution is -2.00. The maximum absolute atomic E-state index is 13.8. The molecule has 92 valence electrons. The van der Waals surface area contributed by atoms with Gasteiger partial charge in [-0.05, 0) is 18.6 Å². The van der Waals surface area contributed by atoms with Gasteiger partial charge >= 0.3 is 5.69 Å². The third-order valence-corrected chi connectivity index (χ3v) is 2.58. The predicted octanol–water partition coefficient (Wildman–Crippen LogP) is 2.69. The zero-order valence-corrected chi connectivity index (χ0v) is 9.55. The van der Waals surface area contributed by atoms with Crippen LogP contribution in [0.1, 0.15) is 5.56 Å². The van der Waals surface area contributed by atoms with Gasteiger partial charge in [0.05, 0.1) is 4.92 Å². The van der Waals surface area contributed by atoms with Gasteiger partial charge in [-0.3, -0.25) is 15.1 Å². The van der Waals surface area contributed by atoms with Gasteiger partial charge in [-0.25, -0.2) is 4.39 Å². The van der Waals surface area contributed by atoms with Crippen molar-refractivity contribution in [1.29, 1.82) is 0 Å². The van der Waals surface area contributed by atoms with Crippen molar-refractivity contribution in [2.45, 2.75) is 6.92 Å². The number of halogens is 1. The highest BCUT2D eigenvalue weighted by Gasteiger charge is 2.18. The minimum absolute atomic E-state index is 0.0854. The van der Waals surface area contributed by atoms with Crippen molar-refractivity contribution in [1.82, 2.24) is 4.98 Å². The number of nitrogens with two attached hydrogens (primary N) is 1. The fourth-order valence-electron chi connectivity index (χ4n) is 1.66. The lowest BCUT2D eigenvalue weighted by molar-refractivity contribution is -0.384. The Morgan fingerprint density at radius 3 is 2.67 bits per heavy atom. The van der Waals surface area contributed by atoms with Gasteiger partial charge in [-0.15, -0.1) is 0 Å². The first kappa shape index (κ1) is 12.0. The molecule has 1 heterocycles. The van der Waals surface area contributed by atoms with Crippen LogP contribution in [0, 0.1) is 22.9 Å². The first-order valence-electron chi connectivity index (χ1n) is 5.15. The summed E-state index contributed by atoms with van der Waals surface area (Å²) >= 11 is 0. The number of pyridine rings is 1. The maximum Gasteiger partial charge on any atom is 0.310 e. The fourth-order valence-corrected chi connectivity index (χ4v) is 1.66. The molecule has 6 heteroatoms. The van der Waals surface area contributed by atoms with Crippen molar-refractivity contribution in [2.75, 3.05) is 5.73 Å². The summed E-state index contributed by atoms with van der Waals surface area (Å²) in [4.78, 5) is 13.8. The van der Waals surface area contributed by atoms with Gasteiger partial charge in [0.15, 0.2) is 0 Å². The van der Waals surface area contributed by atoms with E-state index in [1.165, 1.54) is 18.3 Å². The molecule has 0 radical (unpaired) electrons. The van der Waals surface area contributed by atoms with E-state index in [1.807, 2.05) is 0 Å². The molecule has 5 nitrogen and oxygen atoms in total. The SMILES string of the molecule is Cc1ccc(-c2cncc([N+](=O)[O-])c2N)c(F)c1. The summed E-state index contributed by atoms with van der Waals surface area (Å²) in [7, 11) is 0. The Labute approximate surface area is 102 Å². The van der Waals surface area contributed by atoms with E-state index in [0.29, 0.717) is 0 Å². The summed E-state index contributed by atoms with van der Waals surface area (Å²) in [5.41, 5.74) is 6.45. The Morgan fingerprint density at radius 1 is 1.33 bits per heavy atom. The maximum atomic E-state index is 13.8. The van der Waals surface area contributed by atoms with Crippen molar-refractivity contribution in [3.8, 4) is 11.1 Å². The number of benzene rings is 1. The lowest BCUT2D eigenvalue weighted by atomic mass is 10.0. The van der Waals surface area contributed by atoms with E-state index in [1.54, 1.807) is 13.0 Å². The largest absolute Gasteiger partial charge is 0.393 e. The number of nitrogen functional groups attached to an aromatic ring is 1. The van der Waals surface area contributed by atoms with Crippen LogP contribution in [0.5, 0.6) is 0 Å². The minimum Gasteiger partial charge on any atom is -0.393 e. The number of hydrogen-bond donors (Lipinski definition) is 1. The Kier molecular flexibility index (Phi) is 2.93. The molecule has 0 amide bonds. The summed E-state index contributed by atoms with van der Waals surface area (Å²) in [6.07, 6.45) is 2.36. The predicted molar refractivity (Wildman–Crippen MR) is 65.4 cm³/mol. The summed E-state index contributed by atoms with van der Waals surface area (Å²) < 4.78 is 13.8. The van der Waals surface area contributed by atoms with E-state index in [4.69, 9.17) is 5.73 Å². The first-order chi connectivity index (χ1) is 8.50. The molecule has 0 aliphatic heterocycles. The highest BCUT2D eigenvalue weighted by molar-refractivity contribution is 5.81. The van der Waals surface area contributed by atoms with E-state index in [0.717, 1.165) is 11.8 Å². The number of rotatable bonds is 2. The standard InChI is InChI=1S/C12H10FN3O2/c1-7-2-3-8(10(13)4-7)9-5-15-6-11(12(9)14)16(17)18/h2-6H,1H3,(H2,14,15). The Morgan fingerprint density at radius 2 is 2.06 bits per heavy atom. The molecular formula is C12H10FN3O2. The Bertz CT molecular complexity index is 629. The van der Waals surface area contributed by atoms with Gasteiger partial charge in [0.2, 0.25) is 0 Å². The summed E-state index contributed by atoms with van der Waals surface area (Å²) in [6, 6.07) is 4.58. The van der Waals surface area contributed by atoms with Crippen LogP contribution in [-0.2, 0) is 0 Å². The second kappa shape index (κ2) is 4.40. The van der Waals surface area contributed by atoms with Crippen molar-refractivity contribution < 1.29 is 9.31 Å². The van der Waals surface area contributed by atoms with Crippen LogP contribution in [0.3, 0.4) is 0 Å². The molecule has 0 spiro atoms. The van der Waals surface area contributed by atoms with Crippen LogP contribution < -0.4 is 5.73 Å². The molecule has 2 N–H and O–H groups in total. The molecule has 0 aliphatic carbocycles. The Balaban J connectivity index is 2.64. The Hall–Kier alpha value is -2.50. The van der Waals surface area contributed by atoms with E-state index in [2.05, 4.69) is 4.98 Å². The molecule has 2 rings (SSSR count). The smallest absolute Gasteiger partial charge is 0.310 e. The number of anilines is 1. The molecular weight excluding hydrogens is 237 g/mol. The average molecular weight is 247 g/mol. The molecule has 0 saturated heterocycles. The molecule has 0 saturated carbocycles. The normalized spacial score (nSPS) is 10.3. The van der Waals surface area contributed by atoms with Gasteiger partial charge in [-0.2, -0.15) is 0 Å². The number of hydrogen-bond acceptors (Lipinski definition) is 4.